The maximum atomic E-state index is 3.80. The largest absolute Gasteiger partial charge is 0.307 e. The molecule has 0 unspecified atom stereocenters. The van der Waals surface area contributed by atoms with Crippen LogP contribution in [0.2, 0.25) is 0 Å². The van der Waals surface area contributed by atoms with E-state index in [9.17, 15) is 0 Å². The zero-order valence-electron chi connectivity index (χ0n) is 11.2. The van der Waals surface area contributed by atoms with Crippen LogP contribution in [0, 0.1) is 6.92 Å². The van der Waals surface area contributed by atoms with E-state index in [1.807, 2.05) is 0 Å². The van der Waals surface area contributed by atoms with E-state index < -0.39 is 0 Å². The number of hydrogen-bond acceptors (Lipinski definition) is 1. The van der Waals surface area contributed by atoms with E-state index in [0.717, 1.165) is 6.04 Å². The zero-order chi connectivity index (χ0) is 12.1. The van der Waals surface area contributed by atoms with Crippen molar-refractivity contribution in [3.8, 4) is 0 Å². The molecular formula is C16H25N. The number of hydrogen-bond donors (Lipinski definition) is 1. The predicted octanol–water partition coefficient (Wildman–Crippen LogP) is 4.37. The van der Waals surface area contributed by atoms with E-state index >= 15 is 0 Å². The van der Waals surface area contributed by atoms with E-state index in [4.69, 9.17) is 0 Å². The second kappa shape index (κ2) is 6.20. The van der Waals surface area contributed by atoms with Gasteiger partial charge >= 0.3 is 0 Å². The first-order chi connectivity index (χ1) is 8.25. The molecule has 0 aromatic heterocycles. The lowest BCUT2D eigenvalue weighted by Gasteiger charge is -2.22. The molecule has 1 nitrogen and oxygen atoms in total. The molecule has 0 bridgehead atoms. The highest BCUT2D eigenvalue weighted by molar-refractivity contribution is 5.24. The van der Waals surface area contributed by atoms with Crippen molar-refractivity contribution in [2.75, 3.05) is 0 Å². The van der Waals surface area contributed by atoms with Crippen molar-refractivity contribution in [2.24, 2.45) is 0 Å². The lowest BCUT2D eigenvalue weighted by molar-refractivity contribution is 0.414. The van der Waals surface area contributed by atoms with E-state index in [-0.39, 0.29) is 0 Å². The van der Waals surface area contributed by atoms with Gasteiger partial charge in [0.15, 0.2) is 0 Å². The van der Waals surface area contributed by atoms with E-state index in [0.29, 0.717) is 6.04 Å². The Morgan fingerprint density at radius 2 is 1.82 bits per heavy atom. The minimum absolute atomic E-state index is 0.484. The third kappa shape index (κ3) is 3.85. The summed E-state index contributed by atoms with van der Waals surface area (Å²) < 4.78 is 0. The van der Waals surface area contributed by atoms with Gasteiger partial charge in [-0.2, -0.15) is 0 Å². The van der Waals surface area contributed by atoms with Gasteiger partial charge in [-0.3, -0.25) is 0 Å². The molecule has 1 heteroatoms. The number of rotatable bonds is 3. The Morgan fingerprint density at radius 1 is 1.12 bits per heavy atom. The third-order valence-corrected chi connectivity index (χ3v) is 3.88. The Hall–Kier alpha value is -0.820. The molecular weight excluding hydrogens is 206 g/mol. The summed E-state index contributed by atoms with van der Waals surface area (Å²) in [7, 11) is 0. The summed E-state index contributed by atoms with van der Waals surface area (Å²) in [5, 5.41) is 3.80. The second-order valence-electron chi connectivity index (χ2n) is 5.49. The molecule has 1 aromatic carbocycles. The molecule has 0 radical (unpaired) electrons. The Labute approximate surface area is 106 Å². The molecule has 0 amide bonds. The van der Waals surface area contributed by atoms with Gasteiger partial charge in [-0.15, -0.1) is 0 Å². The van der Waals surface area contributed by atoms with Gasteiger partial charge in [0.2, 0.25) is 0 Å². The van der Waals surface area contributed by atoms with E-state index in [2.05, 4.69) is 43.4 Å². The normalized spacial score (nSPS) is 19.9. The van der Waals surface area contributed by atoms with Gasteiger partial charge in [-0.05, 0) is 32.3 Å². The highest BCUT2D eigenvalue weighted by Crippen LogP contribution is 2.21. The smallest absolute Gasteiger partial charge is 0.0294 e. The van der Waals surface area contributed by atoms with Crippen molar-refractivity contribution in [1.29, 1.82) is 0 Å². The van der Waals surface area contributed by atoms with Gasteiger partial charge < -0.3 is 5.32 Å². The third-order valence-electron chi connectivity index (χ3n) is 3.88. The molecule has 1 atom stereocenters. The summed E-state index contributed by atoms with van der Waals surface area (Å²) in [6, 6.07) is 10.1. The topological polar surface area (TPSA) is 12.0 Å². The van der Waals surface area contributed by atoms with Crippen LogP contribution in [0.3, 0.4) is 0 Å². The maximum Gasteiger partial charge on any atom is 0.0294 e. The van der Waals surface area contributed by atoms with Gasteiger partial charge in [-0.25, -0.2) is 0 Å². The fourth-order valence-electron chi connectivity index (χ4n) is 2.84. The van der Waals surface area contributed by atoms with Crippen LogP contribution in [-0.2, 0) is 0 Å². The average Bonchev–Trinajstić information content (AvgIpc) is 2.57. The predicted molar refractivity (Wildman–Crippen MR) is 74.2 cm³/mol. The average molecular weight is 231 g/mol. The molecule has 2 rings (SSSR count). The summed E-state index contributed by atoms with van der Waals surface area (Å²) >= 11 is 0. The van der Waals surface area contributed by atoms with Crippen molar-refractivity contribution >= 4 is 0 Å². The molecule has 1 saturated carbocycles. The molecule has 1 aromatic rings. The summed E-state index contributed by atoms with van der Waals surface area (Å²) in [5.41, 5.74) is 2.78. The summed E-state index contributed by atoms with van der Waals surface area (Å²) in [6.07, 6.45) is 8.37. The molecule has 17 heavy (non-hydrogen) atoms. The standard InChI is InChI=1S/C16H25N/c1-13-8-7-9-15(12-13)14(2)17-16-10-5-3-4-6-11-16/h7-9,12,14,16-17H,3-6,10-11H2,1-2H3/t14-/m0/s1. The molecule has 0 spiro atoms. The fourth-order valence-corrected chi connectivity index (χ4v) is 2.84. The summed E-state index contributed by atoms with van der Waals surface area (Å²) in [4.78, 5) is 0. The monoisotopic (exact) mass is 231 g/mol. The first-order valence-electron chi connectivity index (χ1n) is 7.08. The molecule has 0 heterocycles. The first-order valence-corrected chi connectivity index (χ1v) is 7.08. The Morgan fingerprint density at radius 3 is 2.47 bits per heavy atom. The maximum absolute atomic E-state index is 3.80. The summed E-state index contributed by atoms with van der Waals surface area (Å²) in [5.74, 6) is 0. The molecule has 94 valence electrons. The minimum Gasteiger partial charge on any atom is -0.307 e. The van der Waals surface area contributed by atoms with Crippen LogP contribution in [0.1, 0.15) is 62.6 Å². The van der Waals surface area contributed by atoms with Gasteiger partial charge in [0.05, 0.1) is 0 Å². The van der Waals surface area contributed by atoms with Crippen molar-refractivity contribution in [3.63, 3.8) is 0 Å². The zero-order valence-corrected chi connectivity index (χ0v) is 11.2. The Bertz CT molecular complexity index is 337. The number of benzene rings is 1. The fraction of sp³-hybridized carbons (Fsp3) is 0.625. The molecule has 0 aliphatic heterocycles. The second-order valence-corrected chi connectivity index (χ2v) is 5.49. The van der Waals surface area contributed by atoms with Crippen LogP contribution >= 0.6 is 0 Å². The van der Waals surface area contributed by atoms with Crippen molar-refractivity contribution < 1.29 is 0 Å². The van der Waals surface area contributed by atoms with Gasteiger partial charge in [-0.1, -0.05) is 55.5 Å². The van der Waals surface area contributed by atoms with Gasteiger partial charge in [0.1, 0.15) is 0 Å². The molecule has 1 fully saturated rings. The highest BCUT2D eigenvalue weighted by atomic mass is 14.9. The van der Waals surface area contributed by atoms with E-state index in [1.54, 1.807) is 0 Å². The molecule has 1 aliphatic carbocycles. The van der Waals surface area contributed by atoms with Crippen molar-refractivity contribution in [1.82, 2.24) is 5.32 Å². The first kappa shape index (κ1) is 12.6. The molecule has 1 aliphatic rings. The minimum atomic E-state index is 0.484. The number of aryl methyl sites for hydroxylation is 1. The Balaban J connectivity index is 1.93. The number of nitrogens with one attached hydrogen (secondary N) is 1. The van der Waals surface area contributed by atoms with Gasteiger partial charge in [0, 0.05) is 12.1 Å². The van der Waals surface area contributed by atoms with Crippen molar-refractivity contribution in [3.05, 3.63) is 35.4 Å². The SMILES string of the molecule is Cc1cccc([C@H](C)NC2CCCCCC2)c1. The van der Waals surface area contributed by atoms with Crippen LogP contribution in [0.15, 0.2) is 24.3 Å². The van der Waals surface area contributed by atoms with Crippen LogP contribution in [-0.4, -0.2) is 6.04 Å². The summed E-state index contributed by atoms with van der Waals surface area (Å²) in [6.45, 7) is 4.46. The highest BCUT2D eigenvalue weighted by Gasteiger charge is 2.15. The van der Waals surface area contributed by atoms with Crippen LogP contribution in [0.4, 0.5) is 0 Å². The van der Waals surface area contributed by atoms with Crippen LogP contribution in [0.5, 0.6) is 0 Å². The Kier molecular flexibility index (Phi) is 4.61. The lowest BCUT2D eigenvalue weighted by atomic mass is 10.0. The molecule has 1 N–H and O–H groups in total. The lowest BCUT2D eigenvalue weighted by Crippen LogP contribution is -2.31. The van der Waals surface area contributed by atoms with E-state index in [1.165, 1.54) is 49.7 Å². The van der Waals surface area contributed by atoms with Gasteiger partial charge in [0.25, 0.3) is 0 Å². The van der Waals surface area contributed by atoms with Crippen LogP contribution < -0.4 is 5.32 Å². The quantitative estimate of drug-likeness (QED) is 0.762. The van der Waals surface area contributed by atoms with Crippen LogP contribution in [0.25, 0.3) is 0 Å². The van der Waals surface area contributed by atoms with Crippen molar-refractivity contribution in [2.45, 2.75) is 64.5 Å². The molecule has 0 saturated heterocycles.